The molecule has 0 aliphatic heterocycles. The molecule has 1 saturated carbocycles. The van der Waals surface area contributed by atoms with Gasteiger partial charge in [0.15, 0.2) is 0 Å². The monoisotopic (exact) mass is 212 g/mol. The fourth-order valence-corrected chi connectivity index (χ4v) is 2.40. The first-order valence-corrected chi connectivity index (χ1v) is 6.17. The lowest BCUT2D eigenvalue weighted by Crippen LogP contribution is -2.38. The van der Waals surface area contributed by atoms with Crippen LogP contribution in [0.2, 0.25) is 0 Å². The summed E-state index contributed by atoms with van der Waals surface area (Å²) in [6, 6.07) is 0. The zero-order valence-corrected chi connectivity index (χ0v) is 10.5. The van der Waals surface area contributed by atoms with E-state index in [1.165, 1.54) is 25.7 Å². The largest absolute Gasteiger partial charge is 0.459 e. The Balaban J connectivity index is 2.49. The molecule has 0 unspecified atom stereocenters. The van der Waals surface area contributed by atoms with Crippen molar-refractivity contribution in [1.29, 1.82) is 0 Å². The average Bonchev–Trinajstić information content (AvgIpc) is 2.17. The lowest BCUT2D eigenvalue weighted by Gasteiger charge is -2.38. The van der Waals surface area contributed by atoms with Crippen molar-refractivity contribution in [2.24, 2.45) is 11.8 Å². The van der Waals surface area contributed by atoms with E-state index in [0.717, 1.165) is 5.92 Å². The first-order chi connectivity index (χ1) is 6.95. The molecule has 15 heavy (non-hydrogen) atoms. The molecule has 0 N–H and O–H groups in total. The summed E-state index contributed by atoms with van der Waals surface area (Å²) in [4.78, 5) is 11.3. The Bertz CT molecular complexity index is 213. The molecule has 2 nitrogen and oxygen atoms in total. The van der Waals surface area contributed by atoms with Gasteiger partial charge in [0.05, 0.1) is 0 Å². The number of hydrogen-bond donors (Lipinski definition) is 0. The Morgan fingerprint density at radius 1 is 1.27 bits per heavy atom. The number of carbonyl (C=O) groups excluding carboxylic acids is 1. The normalized spacial score (nSPS) is 27.5. The summed E-state index contributed by atoms with van der Waals surface area (Å²) in [6.07, 6.45) is 5.43. The maximum atomic E-state index is 11.3. The van der Waals surface area contributed by atoms with E-state index in [1.807, 2.05) is 6.92 Å². The number of hydrogen-bond acceptors (Lipinski definition) is 2. The zero-order valence-electron chi connectivity index (χ0n) is 10.5. The van der Waals surface area contributed by atoms with Gasteiger partial charge in [-0.15, -0.1) is 0 Å². The van der Waals surface area contributed by atoms with E-state index in [-0.39, 0.29) is 11.6 Å². The standard InChI is InChI=1S/C13H24O2/c1-5-12(14)15-13(3,4)11-8-6-10(2)7-9-11/h10-11H,5-9H2,1-4H3. The molecule has 2 heteroatoms. The van der Waals surface area contributed by atoms with Gasteiger partial charge in [0, 0.05) is 6.42 Å². The summed E-state index contributed by atoms with van der Waals surface area (Å²) in [5, 5.41) is 0. The highest BCUT2D eigenvalue weighted by Gasteiger charge is 2.34. The van der Waals surface area contributed by atoms with Crippen LogP contribution in [0.4, 0.5) is 0 Å². The fraction of sp³-hybridized carbons (Fsp3) is 0.923. The molecular weight excluding hydrogens is 188 g/mol. The van der Waals surface area contributed by atoms with Gasteiger partial charge in [-0.05, 0) is 38.5 Å². The second kappa shape index (κ2) is 5.00. The van der Waals surface area contributed by atoms with E-state index in [0.29, 0.717) is 12.3 Å². The van der Waals surface area contributed by atoms with Crippen LogP contribution in [-0.2, 0) is 9.53 Å². The van der Waals surface area contributed by atoms with E-state index in [1.54, 1.807) is 0 Å². The highest BCUT2D eigenvalue weighted by molar-refractivity contribution is 5.69. The zero-order chi connectivity index (χ0) is 11.5. The minimum atomic E-state index is -0.271. The lowest BCUT2D eigenvalue weighted by atomic mass is 9.75. The highest BCUT2D eigenvalue weighted by Crippen LogP contribution is 2.37. The fourth-order valence-electron chi connectivity index (χ4n) is 2.40. The van der Waals surface area contributed by atoms with Crippen LogP contribution in [0.1, 0.15) is 59.8 Å². The molecule has 0 bridgehead atoms. The molecule has 1 fully saturated rings. The molecule has 0 atom stereocenters. The third-order valence-corrected chi connectivity index (χ3v) is 3.66. The quantitative estimate of drug-likeness (QED) is 0.669. The molecule has 0 heterocycles. The maximum absolute atomic E-state index is 11.3. The predicted octanol–water partition coefficient (Wildman–Crippen LogP) is 3.54. The van der Waals surface area contributed by atoms with Crippen molar-refractivity contribution in [2.45, 2.75) is 65.4 Å². The smallest absolute Gasteiger partial charge is 0.306 e. The molecule has 0 aromatic rings. The number of rotatable bonds is 3. The third-order valence-electron chi connectivity index (χ3n) is 3.66. The van der Waals surface area contributed by atoms with Gasteiger partial charge in [0.1, 0.15) is 5.60 Å². The lowest BCUT2D eigenvalue weighted by molar-refractivity contribution is -0.162. The van der Waals surface area contributed by atoms with Crippen molar-refractivity contribution in [3.8, 4) is 0 Å². The molecular formula is C13H24O2. The average molecular weight is 212 g/mol. The van der Waals surface area contributed by atoms with Gasteiger partial charge < -0.3 is 4.74 Å². The van der Waals surface area contributed by atoms with Crippen LogP contribution in [0.25, 0.3) is 0 Å². The Morgan fingerprint density at radius 2 is 1.80 bits per heavy atom. The Labute approximate surface area is 93.4 Å². The number of esters is 1. The van der Waals surface area contributed by atoms with Crippen LogP contribution in [0.5, 0.6) is 0 Å². The van der Waals surface area contributed by atoms with Crippen LogP contribution in [0.3, 0.4) is 0 Å². The summed E-state index contributed by atoms with van der Waals surface area (Å²) in [7, 11) is 0. The van der Waals surface area contributed by atoms with Gasteiger partial charge in [0.25, 0.3) is 0 Å². The molecule has 0 amide bonds. The SMILES string of the molecule is CCC(=O)OC(C)(C)C1CCC(C)CC1. The van der Waals surface area contributed by atoms with Gasteiger partial charge in [-0.25, -0.2) is 0 Å². The second-order valence-corrected chi connectivity index (χ2v) is 5.39. The van der Waals surface area contributed by atoms with Crippen LogP contribution in [-0.4, -0.2) is 11.6 Å². The third kappa shape index (κ3) is 3.51. The Morgan fingerprint density at radius 3 is 2.27 bits per heavy atom. The second-order valence-electron chi connectivity index (χ2n) is 5.39. The molecule has 0 aromatic heterocycles. The van der Waals surface area contributed by atoms with Crippen LogP contribution in [0, 0.1) is 11.8 Å². The van der Waals surface area contributed by atoms with E-state index >= 15 is 0 Å². The summed E-state index contributed by atoms with van der Waals surface area (Å²) in [5.74, 6) is 1.32. The summed E-state index contributed by atoms with van der Waals surface area (Å²) in [6.45, 7) is 8.27. The van der Waals surface area contributed by atoms with Crippen molar-refractivity contribution < 1.29 is 9.53 Å². The van der Waals surface area contributed by atoms with Crippen molar-refractivity contribution >= 4 is 5.97 Å². The van der Waals surface area contributed by atoms with E-state index in [2.05, 4.69) is 20.8 Å². The molecule has 1 aliphatic rings. The van der Waals surface area contributed by atoms with Gasteiger partial charge >= 0.3 is 5.97 Å². The van der Waals surface area contributed by atoms with Crippen LogP contribution >= 0.6 is 0 Å². The summed E-state index contributed by atoms with van der Waals surface area (Å²) in [5.41, 5.74) is -0.271. The van der Waals surface area contributed by atoms with E-state index < -0.39 is 0 Å². The first kappa shape index (κ1) is 12.5. The van der Waals surface area contributed by atoms with Crippen molar-refractivity contribution in [2.75, 3.05) is 0 Å². The molecule has 0 saturated heterocycles. The van der Waals surface area contributed by atoms with Crippen LogP contribution in [0.15, 0.2) is 0 Å². The highest BCUT2D eigenvalue weighted by atomic mass is 16.6. The topological polar surface area (TPSA) is 26.3 Å². The summed E-state index contributed by atoms with van der Waals surface area (Å²) >= 11 is 0. The summed E-state index contributed by atoms with van der Waals surface area (Å²) < 4.78 is 5.52. The minimum absolute atomic E-state index is 0.0707. The first-order valence-electron chi connectivity index (χ1n) is 6.17. The molecule has 0 radical (unpaired) electrons. The van der Waals surface area contributed by atoms with E-state index in [4.69, 9.17) is 4.74 Å². The van der Waals surface area contributed by atoms with Crippen molar-refractivity contribution in [1.82, 2.24) is 0 Å². The Hall–Kier alpha value is -0.530. The molecule has 1 rings (SSSR count). The number of ether oxygens (including phenoxy) is 1. The minimum Gasteiger partial charge on any atom is -0.459 e. The van der Waals surface area contributed by atoms with Crippen molar-refractivity contribution in [3.05, 3.63) is 0 Å². The van der Waals surface area contributed by atoms with Gasteiger partial charge in [-0.2, -0.15) is 0 Å². The van der Waals surface area contributed by atoms with Gasteiger partial charge in [-0.1, -0.05) is 26.7 Å². The maximum Gasteiger partial charge on any atom is 0.306 e. The number of carbonyl (C=O) groups is 1. The van der Waals surface area contributed by atoms with E-state index in [9.17, 15) is 4.79 Å². The van der Waals surface area contributed by atoms with Crippen molar-refractivity contribution in [3.63, 3.8) is 0 Å². The molecule has 0 spiro atoms. The van der Waals surface area contributed by atoms with Gasteiger partial charge in [-0.3, -0.25) is 4.79 Å². The predicted molar refractivity (Wildman–Crippen MR) is 61.6 cm³/mol. The Kier molecular flexibility index (Phi) is 4.18. The van der Waals surface area contributed by atoms with Crippen LogP contribution < -0.4 is 0 Å². The molecule has 1 aliphatic carbocycles. The molecule has 0 aromatic carbocycles. The molecule has 88 valence electrons. The van der Waals surface area contributed by atoms with Gasteiger partial charge in [0.2, 0.25) is 0 Å².